The standard InChI is InChI=1S/C18H23ClN2O5/c1-17(2,3)26-16(25)20-18(15(23)24)8-10-21(11-9-18)14(22)12-4-6-13(19)7-5-12/h4-7H,8-11H2,1-3H3,(H,20,25)(H,23,24). The highest BCUT2D eigenvalue weighted by Crippen LogP contribution is 2.25. The number of aliphatic carboxylic acids is 1. The average Bonchev–Trinajstić information content (AvgIpc) is 2.53. The fourth-order valence-electron chi connectivity index (χ4n) is 2.76. The van der Waals surface area contributed by atoms with E-state index in [-0.39, 0.29) is 31.8 Å². The van der Waals surface area contributed by atoms with Crippen molar-refractivity contribution in [3.05, 3.63) is 34.9 Å². The van der Waals surface area contributed by atoms with E-state index in [4.69, 9.17) is 16.3 Å². The van der Waals surface area contributed by atoms with Gasteiger partial charge in [-0.25, -0.2) is 9.59 Å². The minimum atomic E-state index is -1.45. The summed E-state index contributed by atoms with van der Waals surface area (Å²) in [5.74, 6) is -1.33. The number of ether oxygens (including phenoxy) is 1. The van der Waals surface area contributed by atoms with Crippen LogP contribution in [0.4, 0.5) is 4.79 Å². The maximum atomic E-state index is 12.5. The third-order valence-electron chi connectivity index (χ3n) is 4.14. The molecule has 1 aromatic carbocycles. The van der Waals surface area contributed by atoms with Crippen LogP contribution in [0.1, 0.15) is 44.0 Å². The fraction of sp³-hybridized carbons (Fsp3) is 0.500. The molecule has 1 aliphatic rings. The van der Waals surface area contributed by atoms with Crippen molar-refractivity contribution in [1.29, 1.82) is 0 Å². The summed E-state index contributed by atoms with van der Waals surface area (Å²) >= 11 is 5.83. The molecule has 1 fully saturated rings. The van der Waals surface area contributed by atoms with Crippen molar-refractivity contribution in [2.75, 3.05) is 13.1 Å². The minimum absolute atomic E-state index is 0.0981. The zero-order valence-electron chi connectivity index (χ0n) is 15.0. The third kappa shape index (κ3) is 4.88. The number of hydrogen-bond acceptors (Lipinski definition) is 4. The van der Waals surface area contributed by atoms with Gasteiger partial charge in [-0.05, 0) is 57.9 Å². The fourth-order valence-corrected chi connectivity index (χ4v) is 2.88. The van der Waals surface area contributed by atoms with Crippen LogP contribution < -0.4 is 5.32 Å². The Morgan fingerprint density at radius 1 is 1.15 bits per heavy atom. The summed E-state index contributed by atoms with van der Waals surface area (Å²) in [4.78, 5) is 37.9. The normalized spacial score (nSPS) is 16.7. The van der Waals surface area contributed by atoms with Gasteiger partial charge in [0.25, 0.3) is 5.91 Å². The van der Waals surface area contributed by atoms with E-state index < -0.39 is 23.2 Å². The molecule has 7 nitrogen and oxygen atoms in total. The number of rotatable bonds is 3. The maximum Gasteiger partial charge on any atom is 0.408 e. The largest absolute Gasteiger partial charge is 0.480 e. The number of carbonyl (C=O) groups excluding carboxylic acids is 2. The van der Waals surface area contributed by atoms with Gasteiger partial charge in [-0.1, -0.05) is 11.6 Å². The summed E-state index contributed by atoms with van der Waals surface area (Å²) in [7, 11) is 0. The maximum absolute atomic E-state index is 12.5. The van der Waals surface area contributed by atoms with E-state index in [1.54, 1.807) is 49.9 Å². The molecule has 0 radical (unpaired) electrons. The number of halogens is 1. The zero-order valence-corrected chi connectivity index (χ0v) is 15.8. The molecule has 8 heteroatoms. The first-order valence-corrected chi connectivity index (χ1v) is 8.70. The first-order chi connectivity index (χ1) is 12.0. The Labute approximate surface area is 157 Å². The van der Waals surface area contributed by atoms with Gasteiger partial charge in [0.2, 0.25) is 0 Å². The summed E-state index contributed by atoms with van der Waals surface area (Å²) in [6.07, 6.45) is -0.584. The molecule has 0 unspecified atom stereocenters. The minimum Gasteiger partial charge on any atom is -0.480 e. The number of carboxylic acid groups (broad SMARTS) is 1. The number of carbonyl (C=O) groups is 3. The monoisotopic (exact) mass is 382 g/mol. The Balaban J connectivity index is 2.04. The summed E-state index contributed by atoms with van der Waals surface area (Å²) in [6.45, 7) is 5.53. The number of piperidine rings is 1. The molecule has 1 heterocycles. The lowest BCUT2D eigenvalue weighted by Crippen LogP contribution is -2.61. The van der Waals surface area contributed by atoms with Gasteiger partial charge in [-0.2, -0.15) is 0 Å². The number of amides is 2. The van der Waals surface area contributed by atoms with Gasteiger partial charge >= 0.3 is 12.1 Å². The van der Waals surface area contributed by atoms with E-state index in [2.05, 4.69) is 5.32 Å². The van der Waals surface area contributed by atoms with Crippen LogP contribution in [-0.4, -0.2) is 52.2 Å². The highest BCUT2D eigenvalue weighted by molar-refractivity contribution is 6.30. The lowest BCUT2D eigenvalue weighted by atomic mass is 9.87. The van der Waals surface area contributed by atoms with Crippen molar-refractivity contribution in [3.63, 3.8) is 0 Å². The van der Waals surface area contributed by atoms with Crippen molar-refractivity contribution >= 4 is 29.6 Å². The molecule has 2 amide bonds. The Hall–Kier alpha value is -2.28. The second-order valence-corrected chi connectivity index (χ2v) is 7.75. The lowest BCUT2D eigenvalue weighted by molar-refractivity contribution is -0.146. The molecule has 26 heavy (non-hydrogen) atoms. The van der Waals surface area contributed by atoms with Gasteiger partial charge in [-0.3, -0.25) is 4.79 Å². The van der Waals surface area contributed by atoms with Crippen LogP contribution in [0.5, 0.6) is 0 Å². The molecule has 0 aromatic heterocycles. The van der Waals surface area contributed by atoms with Crippen LogP contribution in [0.3, 0.4) is 0 Å². The van der Waals surface area contributed by atoms with E-state index >= 15 is 0 Å². The second-order valence-electron chi connectivity index (χ2n) is 7.31. The quantitative estimate of drug-likeness (QED) is 0.837. The molecule has 0 atom stereocenters. The summed E-state index contributed by atoms with van der Waals surface area (Å²) in [5.41, 5.74) is -1.69. The van der Waals surface area contributed by atoms with Crippen molar-refractivity contribution in [2.24, 2.45) is 0 Å². The summed E-state index contributed by atoms with van der Waals surface area (Å²) in [6, 6.07) is 6.51. The van der Waals surface area contributed by atoms with Gasteiger partial charge in [-0.15, -0.1) is 0 Å². The number of nitrogens with zero attached hydrogens (tertiary/aromatic N) is 1. The summed E-state index contributed by atoms with van der Waals surface area (Å²) in [5, 5.41) is 12.6. The van der Waals surface area contributed by atoms with E-state index in [0.717, 1.165) is 0 Å². The zero-order chi connectivity index (χ0) is 19.5. The highest BCUT2D eigenvalue weighted by Gasteiger charge is 2.44. The molecule has 1 saturated heterocycles. The number of likely N-dealkylation sites (tertiary alicyclic amines) is 1. The predicted octanol–water partition coefficient (Wildman–Crippen LogP) is 2.92. The van der Waals surface area contributed by atoms with E-state index in [9.17, 15) is 19.5 Å². The third-order valence-corrected chi connectivity index (χ3v) is 4.40. The van der Waals surface area contributed by atoms with Crippen LogP contribution in [0.15, 0.2) is 24.3 Å². The Bertz CT molecular complexity index is 689. The van der Waals surface area contributed by atoms with Gasteiger partial charge in [0.1, 0.15) is 11.1 Å². The lowest BCUT2D eigenvalue weighted by Gasteiger charge is -2.39. The van der Waals surface area contributed by atoms with Crippen LogP contribution in [-0.2, 0) is 9.53 Å². The molecule has 1 aromatic rings. The smallest absolute Gasteiger partial charge is 0.408 e. The molecule has 0 aliphatic carbocycles. The van der Waals surface area contributed by atoms with Crippen LogP contribution >= 0.6 is 11.6 Å². The Kier molecular flexibility index (Phi) is 5.81. The van der Waals surface area contributed by atoms with Crippen molar-refractivity contribution < 1.29 is 24.2 Å². The number of hydrogen-bond donors (Lipinski definition) is 2. The molecule has 142 valence electrons. The molecular formula is C18H23ClN2O5. The van der Waals surface area contributed by atoms with Crippen LogP contribution in [0.2, 0.25) is 5.02 Å². The predicted molar refractivity (Wildman–Crippen MR) is 96.3 cm³/mol. The molecule has 2 rings (SSSR count). The van der Waals surface area contributed by atoms with Crippen molar-refractivity contribution in [2.45, 2.75) is 44.8 Å². The average molecular weight is 383 g/mol. The van der Waals surface area contributed by atoms with Gasteiger partial charge in [0.15, 0.2) is 0 Å². The number of carboxylic acids is 1. The molecule has 0 bridgehead atoms. The first kappa shape index (κ1) is 20.0. The summed E-state index contributed by atoms with van der Waals surface area (Å²) < 4.78 is 5.16. The SMILES string of the molecule is CC(C)(C)OC(=O)NC1(C(=O)O)CCN(C(=O)c2ccc(Cl)cc2)CC1. The van der Waals surface area contributed by atoms with Crippen LogP contribution in [0, 0.1) is 0 Å². The molecule has 2 N–H and O–H groups in total. The van der Waals surface area contributed by atoms with Gasteiger partial charge in [0.05, 0.1) is 0 Å². The molecule has 0 saturated carbocycles. The Morgan fingerprint density at radius 3 is 2.15 bits per heavy atom. The van der Waals surface area contributed by atoms with E-state index in [1.165, 1.54) is 0 Å². The van der Waals surface area contributed by atoms with Crippen molar-refractivity contribution in [3.8, 4) is 0 Å². The first-order valence-electron chi connectivity index (χ1n) is 8.32. The van der Waals surface area contributed by atoms with E-state index in [0.29, 0.717) is 10.6 Å². The van der Waals surface area contributed by atoms with Crippen molar-refractivity contribution in [1.82, 2.24) is 10.2 Å². The number of nitrogens with one attached hydrogen (secondary N) is 1. The van der Waals surface area contributed by atoms with Gasteiger partial charge in [0, 0.05) is 23.7 Å². The topological polar surface area (TPSA) is 95.9 Å². The Morgan fingerprint density at radius 2 is 1.69 bits per heavy atom. The molecule has 0 spiro atoms. The molecular weight excluding hydrogens is 360 g/mol. The van der Waals surface area contributed by atoms with Gasteiger partial charge < -0.3 is 20.1 Å². The number of alkyl carbamates (subject to hydrolysis) is 1. The second kappa shape index (κ2) is 7.53. The number of benzene rings is 1. The molecule has 1 aliphatic heterocycles. The highest BCUT2D eigenvalue weighted by atomic mass is 35.5. The van der Waals surface area contributed by atoms with E-state index in [1.807, 2.05) is 0 Å². The van der Waals surface area contributed by atoms with Crippen LogP contribution in [0.25, 0.3) is 0 Å².